The van der Waals surface area contributed by atoms with Crippen molar-refractivity contribution < 1.29 is 18.8 Å². The topological polar surface area (TPSA) is 52.6 Å². The highest BCUT2D eigenvalue weighted by Gasteiger charge is 2.50. The summed E-state index contributed by atoms with van der Waals surface area (Å²) >= 11 is 0. The molecule has 0 spiro atoms. The monoisotopic (exact) mass is 352 g/mol. The van der Waals surface area contributed by atoms with Crippen molar-refractivity contribution >= 4 is 12.7 Å². The van der Waals surface area contributed by atoms with Crippen LogP contribution >= 0.6 is 7.14 Å². The summed E-state index contributed by atoms with van der Waals surface area (Å²) in [5, 5.41) is -0.585. The molecule has 1 fully saturated rings. The molecule has 1 unspecified atom stereocenters. The van der Waals surface area contributed by atoms with Gasteiger partial charge in [-0.3, -0.25) is 4.79 Å². The fourth-order valence-electron chi connectivity index (χ4n) is 3.69. The quantitative estimate of drug-likeness (QED) is 0.671. The van der Waals surface area contributed by atoms with Gasteiger partial charge in [0.1, 0.15) is 17.1 Å². The Morgan fingerprint density at radius 2 is 1.54 bits per heavy atom. The summed E-state index contributed by atoms with van der Waals surface area (Å²) in [5.74, 6) is 0.860. The first-order valence-corrected chi connectivity index (χ1v) is 10.4. The molecule has 0 bridgehead atoms. The van der Waals surface area contributed by atoms with Gasteiger partial charge < -0.3 is 14.0 Å². The first kappa shape index (κ1) is 19.1. The van der Waals surface area contributed by atoms with E-state index in [0.29, 0.717) is 17.1 Å². The van der Waals surface area contributed by atoms with Crippen LogP contribution in [0.5, 0.6) is 11.5 Å². The Labute approximate surface area is 145 Å². The zero-order valence-electron chi connectivity index (χ0n) is 15.4. The van der Waals surface area contributed by atoms with Crippen LogP contribution < -0.4 is 9.47 Å². The largest absolute Gasteiger partial charge is 0.496 e. The van der Waals surface area contributed by atoms with Crippen LogP contribution in [0.15, 0.2) is 18.2 Å². The van der Waals surface area contributed by atoms with Crippen LogP contribution in [0.3, 0.4) is 0 Å². The lowest BCUT2D eigenvalue weighted by Crippen LogP contribution is -2.30. The van der Waals surface area contributed by atoms with E-state index >= 15 is 0 Å². The number of benzene rings is 1. The van der Waals surface area contributed by atoms with E-state index in [-0.39, 0.29) is 11.2 Å². The van der Waals surface area contributed by atoms with Crippen molar-refractivity contribution in [2.24, 2.45) is 0 Å². The van der Waals surface area contributed by atoms with E-state index in [1.54, 1.807) is 18.2 Å². The molecule has 0 N–H and O–H groups in total. The summed E-state index contributed by atoms with van der Waals surface area (Å²) in [6.45, 7) is 5.76. The summed E-state index contributed by atoms with van der Waals surface area (Å²) in [6, 6.07) is 5.23. The predicted molar refractivity (Wildman–Crippen MR) is 98.1 cm³/mol. The lowest BCUT2D eigenvalue weighted by Gasteiger charge is -2.38. The third kappa shape index (κ3) is 3.26. The lowest BCUT2D eigenvalue weighted by atomic mass is 10.0. The van der Waals surface area contributed by atoms with E-state index in [1.807, 2.05) is 20.8 Å². The minimum absolute atomic E-state index is 0.0478. The second kappa shape index (κ2) is 7.31. The van der Waals surface area contributed by atoms with E-state index < -0.39 is 12.3 Å². The van der Waals surface area contributed by atoms with Crippen molar-refractivity contribution in [3.63, 3.8) is 0 Å². The molecule has 0 saturated heterocycles. The lowest BCUT2D eigenvalue weighted by molar-refractivity contribution is 0.106. The average molecular weight is 352 g/mol. The number of ether oxygens (including phenoxy) is 2. The van der Waals surface area contributed by atoms with Gasteiger partial charge in [-0.05, 0) is 25.0 Å². The Balaban J connectivity index is 2.60. The zero-order chi connectivity index (χ0) is 18.0. The van der Waals surface area contributed by atoms with Gasteiger partial charge in [0.15, 0.2) is 7.14 Å². The summed E-state index contributed by atoms with van der Waals surface area (Å²) in [5.41, 5.74) is -0.0177. The maximum atomic E-state index is 14.2. The number of carbonyl (C=O) groups is 1. The number of rotatable bonds is 5. The van der Waals surface area contributed by atoms with E-state index in [0.717, 1.165) is 32.1 Å². The number of hydrogen-bond donors (Lipinski definition) is 0. The molecule has 1 saturated carbocycles. The molecule has 0 aliphatic heterocycles. The molecule has 24 heavy (non-hydrogen) atoms. The molecular weight excluding hydrogens is 323 g/mol. The minimum Gasteiger partial charge on any atom is -0.496 e. The van der Waals surface area contributed by atoms with E-state index in [4.69, 9.17) is 9.47 Å². The third-order valence-corrected chi connectivity index (χ3v) is 9.39. The SMILES string of the molecule is COc1cccc(OC)c1C(=O)P(=O)(C1CCCCC1)C(C)(C)C. The maximum Gasteiger partial charge on any atom is 0.229 e. The number of hydrogen-bond acceptors (Lipinski definition) is 4. The zero-order valence-corrected chi connectivity index (χ0v) is 16.3. The van der Waals surface area contributed by atoms with Crippen molar-refractivity contribution in [2.45, 2.75) is 63.7 Å². The van der Waals surface area contributed by atoms with Gasteiger partial charge in [0.05, 0.1) is 14.2 Å². The van der Waals surface area contributed by atoms with Gasteiger partial charge in [-0.15, -0.1) is 0 Å². The van der Waals surface area contributed by atoms with Crippen molar-refractivity contribution in [2.75, 3.05) is 14.2 Å². The molecule has 0 amide bonds. The Hall–Kier alpha value is -1.28. The molecule has 1 aromatic carbocycles. The van der Waals surface area contributed by atoms with Gasteiger partial charge in [0, 0.05) is 10.8 Å². The smallest absolute Gasteiger partial charge is 0.229 e. The van der Waals surface area contributed by atoms with E-state index in [1.165, 1.54) is 14.2 Å². The number of carbonyl (C=O) groups excluding carboxylic acids is 1. The highest BCUT2D eigenvalue weighted by molar-refractivity contribution is 7.83. The van der Waals surface area contributed by atoms with Crippen LogP contribution in [0, 0.1) is 0 Å². The third-order valence-electron chi connectivity index (χ3n) is 5.03. The molecule has 134 valence electrons. The summed E-state index contributed by atoms with van der Waals surface area (Å²) in [6.07, 6.45) is 4.96. The Kier molecular flexibility index (Phi) is 5.80. The normalized spacial score (nSPS) is 18.7. The van der Waals surface area contributed by atoms with Gasteiger partial charge in [-0.25, -0.2) is 0 Å². The fraction of sp³-hybridized carbons (Fsp3) is 0.632. The van der Waals surface area contributed by atoms with Crippen molar-refractivity contribution in [3.8, 4) is 11.5 Å². The molecular formula is C19H29O4P. The van der Waals surface area contributed by atoms with Crippen molar-refractivity contribution in [1.29, 1.82) is 0 Å². The molecule has 0 heterocycles. The van der Waals surface area contributed by atoms with Crippen LogP contribution in [0.2, 0.25) is 0 Å². The first-order chi connectivity index (χ1) is 11.3. The van der Waals surface area contributed by atoms with Gasteiger partial charge in [0.2, 0.25) is 5.52 Å². The molecule has 4 nitrogen and oxygen atoms in total. The Bertz CT molecular complexity index is 617. The van der Waals surface area contributed by atoms with Crippen LogP contribution in [0.4, 0.5) is 0 Å². The highest BCUT2D eigenvalue weighted by Crippen LogP contribution is 2.67. The fourth-order valence-corrected chi connectivity index (χ4v) is 7.37. The molecule has 0 aromatic heterocycles. The minimum atomic E-state index is -3.17. The Morgan fingerprint density at radius 1 is 1.04 bits per heavy atom. The average Bonchev–Trinajstić information content (AvgIpc) is 2.59. The molecule has 1 aromatic rings. The van der Waals surface area contributed by atoms with E-state index in [9.17, 15) is 9.36 Å². The predicted octanol–water partition coefficient (Wildman–Crippen LogP) is 5.34. The summed E-state index contributed by atoms with van der Waals surface area (Å²) in [7, 11) is -0.127. The van der Waals surface area contributed by atoms with E-state index in [2.05, 4.69) is 0 Å². The molecule has 1 aliphatic rings. The maximum absolute atomic E-state index is 14.2. The molecule has 2 rings (SSSR count). The molecule has 0 radical (unpaired) electrons. The molecule has 5 heteroatoms. The standard InChI is InChI=1S/C19H29O4P/c1-19(2,3)24(21,14-10-7-6-8-11-14)18(20)17-15(22-4)12-9-13-16(17)23-5/h9,12-14H,6-8,10-11H2,1-5H3. The van der Waals surface area contributed by atoms with Crippen LogP contribution in [0.1, 0.15) is 63.2 Å². The van der Waals surface area contributed by atoms with Crippen LogP contribution in [0.25, 0.3) is 0 Å². The highest BCUT2D eigenvalue weighted by atomic mass is 31.2. The molecule has 1 aliphatic carbocycles. The van der Waals surface area contributed by atoms with Gasteiger partial charge >= 0.3 is 0 Å². The van der Waals surface area contributed by atoms with Gasteiger partial charge in [-0.1, -0.05) is 46.1 Å². The van der Waals surface area contributed by atoms with Crippen LogP contribution in [-0.4, -0.2) is 30.6 Å². The van der Waals surface area contributed by atoms with Gasteiger partial charge in [-0.2, -0.15) is 0 Å². The first-order valence-electron chi connectivity index (χ1n) is 8.63. The summed E-state index contributed by atoms with van der Waals surface area (Å²) < 4.78 is 24.9. The number of methoxy groups -OCH3 is 2. The van der Waals surface area contributed by atoms with Crippen molar-refractivity contribution in [3.05, 3.63) is 23.8 Å². The summed E-state index contributed by atoms with van der Waals surface area (Å²) in [4.78, 5) is 13.5. The van der Waals surface area contributed by atoms with Crippen LogP contribution in [-0.2, 0) is 4.57 Å². The van der Waals surface area contributed by atoms with Crippen molar-refractivity contribution in [1.82, 2.24) is 0 Å². The molecule has 1 atom stereocenters. The second-order valence-electron chi connectivity index (χ2n) is 7.46. The Morgan fingerprint density at radius 3 is 1.96 bits per heavy atom. The second-order valence-corrected chi connectivity index (χ2v) is 11.3. The van der Waals surface area contributed by atoms with Gasteiger partial charge in [0.25, 0.3) is 0 Å².